The van der Waals surface area contributed by atoms with Crippen molar-refractivity contribution in [2.75, 3.05) is 0 Å². The predicted molar refractivity (Wildman–Crippen MR) is 100 cm³/mol. The molecule has 0 unspecified atom stereocenters. The first kappa shape index (κ1) is 16.5. The molecule has 0 bridgehead atoms. The monoisotopic (exact) mass is 374 g/mol. The van der Waals surface area contributed by atoms with Crippen molar-refractivity contribution in [3.8, 4) is 5.75 Å². The van der Waals surface area contributed by atoms with E-state index in [1.807, 2.05) is 25.1 Å². The van der Waals surface area contributed by atoms with Crippen LogP contribution in [0.3, 0.4) is 0 Å². The van der Waals surface area contributed by atoms with E-state index in [9.17, 15) is 4.79 Å². The summed E-state index contributed by atoms with van der Waals surface area (Å²) < 4.78 is 11.5. The molecule has 4 rings (SSSR count). The number of benzene rings is 2. The third-order valence-corrected chi connectivity index (χ3v) is 5.33. The third kappa shape index (κ3) is 2.92. The molecule has 3 aromatic rings. The van der Waals surface area contributed by atoms with Crippen LogP contribution in [0, 0.1) is 6.92 Å². The summed E-state index contributed by atoms with van der Waals surface area (Å²) >= 11 is 12.1. The molecule has 0 saturated carbocycles. The van der Waals surface area contributed by atoms with Crippen LogP contribution in [0.5, 0.6) is 5.75 Å². The van der Waals surface area contributed by atoms with Gasteiger partial charge in [-0.1, -0.05) is 29.3 Å². The number of fused-ring (bicyclic) bond motifs is 3. The normalized spacial score (nSPS) is 13.2. The van der Waals surface area contributed by atoms with E-state index in [4.69, 9.17) is 32.4 Å². The van der Waals surface area contributed by atoms with Crippen LogP contribution in [-0.2, 0) is 19.4 Å². The van der Waals surface area contributed by atoms with E-state index in [0.717, 1.165) is 46.9 Å². The zero-order chi connectivity index (χ0) is 17.6. The van der Waals surface area contributed by atoms with E-state index >= 15 is 0 Å². The van der Waals surface area contributed by atoms with Crippen molar-refractivity contribution in [3.05, 3.63) is 73.1 Å². The minimum atomic E-state index is -0.221. The topological polar surface area (TPSA) is 39.4 Å². The smallest absolute Gasteiger partial charge is 0.339 e. The van der Waals surface area contributed by atoms with E-state index in [1.54, 1.807) is 12.1 Å². The van der Waals surface area contributed by atoms with Crippen LogP contribution >= 0.6 is 23.2 Å². The Hall–Kier alpha value is -1.97. The first-order valence-corrected chi connectivity index (χ1v) is 8.95. The molecule has 0 spiro atoms. The molecule has 1 aliphatic rings. The van der Waals surface area contributed by atoms with Gasteiger partial charge in [0.1, 0.15) is 17.9 Å². The molecular formula is C20H16Cl2O3. The molecule has 25 heavy (non-hydrogen) atoms. The first-order chi connectivity index (χ1) is 12.0. The summed E-state index contributed by atoms with van der Waals surface area (Å²) in [5.74, 6) is 0.680. The maximum absolute atomic E-state index is 12.2. The van der Waals surface area contributed by atoms with Gasteiger partial charge in [0, 0.05) is 32.1 Å². The molecule has 3 nitrogen and oxygen atoms in total. The second-order valence-corrected chi connectivity index (χ2v) is 7.13. The standard InChI is InChI=1S/C20H16Cl2O3/c1-11-18(24-10-12-5-6-13(21)9-17(12)22)8-7-15-14-3-2-4-16(14)20(23)25-19(11)15/h5-9H,2-4,10H2,1H3. The predicted octanol–water partition coefficient (Wildman–Crippen LogP) is 5.48. The molecule has 1 aromatic heterocycles. The van der Waals surface area contributed by atoms with Crippen molar-refractivity contribution in [3.63, 3.8) is 0 Å². The summed E-state index contributed by atoms with van der Waals surface area (Å²) in [5, 5.41) is 2.17. The molecule has 0 radical (unpaired) electrons. The molecule has 0 aliphatic heterocycles. The van der Waals surface area contributed by atoms with Gasteiger partial charge in [-0.25, -0.2) is 4.79 Å². The van der Waals surface area contributed by atoms with Gasteiger partial charge in [0.05, 0.1) is 0 Å². The fraction of sp³-hybridized carbons (Fsp3) is 0.250. The van der Waals surface area contributed by atoms with Gasteiger partial charge in [0.15, 0.2) is 0 Å². The van der Waals surface area contributed by atoms with Crippen LogP contribution in [0.25, 0.3) is 11.0 Å². The molecule has 0 saturated heterocycles. The Labute approximate surface area is 155 Å². The summed E-state index contributed by atoms with van der Waals surface area (Å²) in [6.45, 7) is 2.23. The molecule has 2 aromatic carbocycles. The van der Waals surface area contributed by atoms with Crippen LogP contribution in [0.15, 0.2) is 39.5 Å². The van der Waals surface area contributed by atoms with Crippen molar-refractivity contribution in [1.29, 1.82) is 0 Å². The Bertz CT molecular complexity index is 1040. The van der Waals surface area contributed by atoms with Crippen molar-refractivity contribution in [1.82, 2.24) is 0 Å². The SMILES string of the molecule is Cc1c(OCc2ccc(Cl)cc2Cl)ccc2c3c(c(=O)oc12)CCC3. The van der Waals surface area contributed by atoms with Gasteiger partial charge in [-0.05, 0) is 56.0 Å². The van der Waals surface area contributed by atoms with Gasteiger partial charge in [-0.2, -0.15) is 0 Å². The maximum atomic E-state index is 12.2. The van der Waals surface area contributed by atoms with Crippen molar-refractivity contribution in [2.45, 2.75) is 32.8 Å². The molecule has 128 valence electrons. The zero-order valence-corrected chi connectivity index (χ0v) is 15.2. The van der Waals surface area contributed by atoms with Gasteiger partial charge in [0.25, 0.3) is 0 Å². The quantitative estimate of drug-likeness (QED) is 0.570. The van der Waals surface area contributed by atoms with E-state index < -0.39 is 0 Å². The van der Waals surface area contributed by atoms with Crippen LogP contribution in [0.4, 0.5) is 0 Å². The third-order valence-electron chi connectivity index (χ3n) is 4.74. The summed E-state index contributed by atoms with van der Waals surface area (Å²) in [5.41, 5.74) is 4.02. The Balaban J connectivity index is 1.70. The lowest BCUT2D eigenvalue weighted by atomic mass is 10.0. The van der Waals surface area contributed by atoms with Gasteiger partial charge in [-0.3, -0.25) is 0 Å². The van der Waals surface area contributed by atoms with Crippen LogP contribution in [0.1, 0.15) is 28.7 Å². The largest absolute Gasteiger partial charge is 0.488 e. The summed E-state index contributed by atoms with van der Waals surface area (Å²) in [6.07, 6.45) is 2.74. The Kier molecular flexibility index (Phi) is 4.22. The lowest BCUT2D eigenvalue weighted by Gasteiger charge is -2.13. The molecule has 5 heteroatoms. The van der Waals surface area contributed by atoms with Gasteiger partial charge in [-0.15, -0.1) is 0 Å². The highest BCUT2D eigenvalue weighted by molar-refractivity contribution is 6.35. The summed E-state index contributed by atoms with van der Waals surface area (Å²) in [6, 6.07) is 9.22. The highest BCUT2D eigenvalue weighted by Crippen LogP contribution is 2.33. The van der Waals surface area contributed by atoms with E-state index in [2.05, 4.69) is 0 Å². The van der Waals surface area contributed by atoms with Crippen molar-refractivity contribution >= 4 is 34.2 Å². The van der Waals surface area contributed by atoms with Gasteiger partial charge < -0.3 is 9.15 Å². The minimum Gasteiger partial charge on any atom is -0.488 e. The second-order valence-electron chi connectivity index (χ2n) is 6.29. The van der Waals surface area contributed by atoms with Crippen molar-refractivity contribution < 1.29 is 9.15 Å². The highest BCUT2D eigenvalue weighted by Gasteiger charge is 2.21. The fourth-order valence-corrected chi connectivity index (χ4v) is 3.88. The molecule has 1 aliphatic carbocycles. The second kappa shape index (κ2) is 6.40. The average Bonchev–Trinajstić information content (AvgIpc) is 3.07. The number of ether oxygens (including phenoxy) is 1. The van der Waals surface area contributed by atoms with Gasteiger partial charge in [0.2, 0.25) is 0 Å². The lowest BCUT2D eigenvalue weighted by molar-refractivity contribution is 0.304. The Morgan fingerprint density at radius 2 is 1.92 bits per heavy atom. The molecular weight excluding hydrogens is 359 g/mol. The molecule has 1 heterocycles. The fourth-order valence-electron chi connectivity index (χ4n) is 3.41. The first-order valence-electron chi connectivity index (χ1n) is 8.19. The maximum Gasteiger partial charge on any atom is 0.339 e. The highest BCUT2D eigenvalue weighted by atomic mass is 35.5. The molecule has 0 fully saturated rings. The molecule has 0 N–H and O–H groups in total. The molecule has 0 amide bonds. The molecule has 0 atom stereocenters. The van der Waals surface area contributed by atoms with Crippen molar-refractivity contribution in [2.24, 2.45) is 0 Å². The Morgan fingerprint density at radius 3 is 2.72 bits per heavy atom. The Morgan fingerprint density at radius 1 is 1.12 bits per heavy atom. The number of hydrogen-bond donors (Lipinski definition) is 0. The van der Waals surface area contributed by atoms with E-state index in [-0.39, 0.29) is 5.63 Å². The lowest BCUT2D eigenvalue weighted by Crippen LogP contribution is -2.08. The van der Waals surface area contributed by atoms with Crippen LogP contribution in [-0.4, -0.2) is 0 Å². The van der Waals surface area contributed by atoms with Crippen LogP contribution < -0.4 is 10.4 Å². The number of rotatable bonds is 3. The van der Waals surface area contributed by atoms with E-state index in [0.29, 0.717) is 28.0 Å². The number of halogens is 2. The minimum absolute atomic E-state index is 0.221. The van der Waals surface area contributed by atoms with E-state index in [1.165, 1.54) is 0 Å². The zero-order valence-electron chi connectivity index (χ0n) is 13.7. The van der Waals surface area contributed by atoms with Crippen LogP contribution in [0.2, 0.25) is 10.0 Å². The van der Waals surface area contributed by atoms with Gasteiger partial charge >= 0.3 is 5.63 Å². The summed E-state index contributed by atoms with van der Waals surface area (Å²) in [4.78, 5) is 12.2. The number of hydrogen-bond acceptors (Lipinski definition) is 3. The number of aryl methyl sites for hydroxylation is 2. The average molecular weight is 375 g/mol. The summed E-state index contributed by atoms with van der Waals surface area (Å²) in [7, 11) is 0.